The van der Waals surface area contributed by atoms with Crippen LogP contribution in [0.25, 0.3) is 10.8 Å². The van der Waals surface area contributed by atoms with Crippen LogP contribution in [0.2, 0.25) is 0 Å². The van der Waals surface area contributed by atoms with Crippen molar-refractivity contribution in [3.63, 3.8) is 0 Å². The van der Waals surface area contributed by atoms with E-state index in [2.05, 4.69) is 20.4 Å². The van der Waals surface area contributed by atoms with E-state index in [9.17, 15) is 9.59 Å². The van der Waals surface area contributed by atoms with Gasteiger partial charge in [-0.15, -0.1) is 0 Å². The molecule has 2 heterocycles. The second-order valence-corrected chi connectivity index (χ2v) is 5.04. The van der Waals surface area contributed by atoms with Crippen LogP contribution < -0.4 is 10.9 Å². The van der Waals surface area contributed by atoms with Crippen LogP contribution in [-0.4, -0.2) is 27.6 Å². The topological polar surface area (TPSA) is 101 Å². The van der Waals surface area contributed by atoms with Crippen LogP contribution in [0.3, 0.4) is 0 Å². The summed E-state index contributed by atoms with van der Waals surface area (Å²) in [4.78, 5) is 30.9. The maximum Gasteiger partial charge on any atom is 0.255 e. The fourth-order valence-electron chi connectivity index (χ4n) is 2.32. The predicted octanol–water partition coefficient (Wildman–Crippen LogP) is 1.45. The third kappa shape index (κ3) is 3.13. The molecule has 0 fully saturated rings. The van der Waals surface area contributed by atoms with Gasteiger partial charge in [-0.3, -0.25) is 9.59 Å². The molecule has 1 amide bonds. The van der Waals surface area contributed by atoms with Crippen molar-refractivity contribution < 1.29 is 9.32 Å². The lowest BCUT2D eigenvalue weighted by atomic mass is 10.1. The Hall–Kier alpha value is -2.96. The van der Waals surface area contributed by atoms with Crippen molar-refractivity contribution in [2.24, 2.45) is 0 Å². The maximum atomic E-state index is 12.3. The van der Waals surface area contributed by atoms with Gasteiger partial charge in [-0.05, 0) is 6.07 Å². The summed E-state index contributed by atoms with van der Waals surface area (Å²) in [6.07, 6.45) is 2.60. The smallest absolute Gasteiger partial charge is 0.255 e. The van der Waals surface area contributed by atoms with E-state index in [1.54, 1.807) is 24.3 Å². The van der Waals surface area contributed by atoms with Crippen LogP contribution >= 0.6 is 0 Å². The van der Waals surface area contributed by atoms with Gasteiger partial charge in [-0.1, -0.05) is 30.3 Å². The molecule has 3 rings (SSSR count). The highest BCUT2D eigenvalue weighted by Crippen LogP contribution is 2.13. The SMILES string of the molecule is CCc1nc(CCNC(=O)c2c[nH]c(=O)c3ccccc23)no1. The van der Waals surface area contributed by atoms with Gasteiger partial charge in [0, 0.05) is 36.4 Å². The molecule has 7 nitrogen and oxygen atoms in total. The third-order valence-corrected chi connectivity index (χ3v) is 3.50. The number of pyridine rings is 1. The molecule has 0 atom stereocenters. The van der Waals surface area contributed by atoms with Crippen molar-refractivity contribution >= 4 is 16.7 Å². The van der Waals surface area contributed by atoms with Crippen molar-refractivity contribution in [2.45, 2.75) is 19.8 Å². The molecule has 0 bridgehead atoms. The molecule has 2 aromatic heterocycles. The molecule has 0 aliphatic heterocycles. The fourth-order valence-corrected chi connectivity index (χ4v) is 2.32. The predicted molar refractivity (Wildman–Crippen MR) is 84.3 cm³/mol. The average Bonchev–Trinajstić information content (AvgIpc) is 3.03. The molecule has 0 aliphatic carbocycles. The number of rotatable bonds is 5. The summed E-state index contributed by atoms with van der Waals surface area (Å²) in [6, 6.07) is 7.01. The number of carbonyl (C=O) groups excluding carboxylic acids is 1. The number of nitrogens with zero attached hydrogens (tertiary/aromatic N) is 2. The first kappa shape index (κ1) is 15.0. The molecule has 23 heavy (non-hydrogen) atoms. The lowest BCUT2D eigenvalue weighted by molar-refractivity contribution is 0.0955. The van der Waals surface area contributed by atoms with Gasteiger partial charge in [0.25, 0.3) is 11.5 Å². The number of benzene rings is 1. The first-order chi connectivity index (χ1) is 11.2. The lowest BCUT2D eigenvalue weighted by Crippen LogP contribution is -2.27. The Balaban J connectivity index is 1.71. The number of H-pyrrole nitrogens is 1. The van der Waals surface area contributed by atoms with Crippen LogP contribution in [0.15, 0.2) is 39.8 Å². The van der Waals surface area contributed by atoms with Gasteiger partial charge >= 0.3 is 0 Å². The van der Waals surface area contributed by atoms with Gasteiger partial charge < -0.3 is 14.8 Å². The summed E-state index contributed by atoms with van der Waals surface area (Å²) in [6.45, 7) is 2.31. The molecule has 0 spiro atoms. The highest BCUT2D eigenvalue weighted by molar-refractivity contribution is 6.06. The van der Waals surface area contributed by atoms with Crippen LogP contribution in [0.5, 0.6) is 0 Å². The molecule has 0 unspecified atom stereocenters. The minimum absolute atomic E-state index is 0.212. The van der Waals surface area contributed by atoms with Gasteiger partial charge in [-0.2, -0.15) is 4.98 Å². The van der Waals surface area contributed by atoms with Gasteiger partial charge in [0.1, 0.15) is 0 Å². The molecule has 1 aromatic carbocycles. The molecular formula is C16H16N4O3. The summed E-state index contributed by atoms with van der Waals surface area (Å²) in [5, 5.41) is 7.75. The summed E-state index contributed by atoms with van der Waals surface area (Å²) in [5.74, 6) is 0.892. The molecule has 0 aliphatic rings. The largest absolute Gasteiger partial charge is 0.352 e. The second-order valence-electron chi connectivity index (χ2n) is 5.04. The second kappa shape index (κ2) is 6.43. The Morgan fingerprint density at radius 2 is 2.09 bits per heavy atom. The Kier molecular flexibility index (Phi) is 4.18. The number of hydrogen-bond acceptors (Lipinski definition) is 5. The number of aromatic nitrogens is 3. The number of aryl methyl sites for hydroxylation is 1. The highest BCUT2D eigenvalue weighted by atomic mass is 16.5. The Bertz CT molecular complexity index is 897. The minimum Gasteiger partial charge on any atom is -0.352 e. The molecule has 0 saturated heterocycles. The molecular weight excluding hydrogens is 296 g/mol. The Morgan fingerprint density at radius 1 is 1.30 bits per heavy atom. The monoisotopic (exact) mass is 312 g/mol. The fraction of sp³-hybridized carbons (Fsp3) is 0.250. The van der Waals surface area contributed by atoms with Crippen LogP contribution in [0.4, 0.5) is 0 Å². The van der Waals surface area contributed by atoms with Gasteiger partial charge in [0.2, 0.25) is 5.89 Å². The first-order valence-electron chi connectivity index (χ1n) is 7.39. The van der Waals surface area contributed by atoms with Gasteiger partial charge in [-0.25, -0.2) is 0 Å². The maximum absolute atomic E-state index is 12.3. The summed E-state index contributed by atoms with van der Waals surface area (Å²) in [5.41, 5.74) is 0.221. The van der Waals surface area contributed by atoms with Crippen molar-refractivity contribution in [2.75, 3.05) is 6.54 Å². The molecule has 0 saturated carbocycles. The van der Waals surface area contributed by atoms with Crippen LogP contribution in [0.1, 0.15) is 29.0 Å². The standard InChI is InChI=1S/C16H16N4O3/c1-2-14-19-13(20-23-14)7-8-17-16(22)12-9-18-15(21)11-6-4-3-5-10(11)12/h3-6,9H,2,7-8H2,1H3,(H,17,22)(H,18,21). The van der Waals surface area contributed by atoms with Crippen molar-refractivity contribution in [1.29, 1.82) is 0 Å². The van der Waals surface area contributed by atoms with E-state index in [0.717, 1.165) is 0 Å². The summed E-state index contributed by atoms with van der Waals surface area (Å²) in [7, 11) is 0. The van der Waals surface area contributed by atoms with Crippen molar-refractivity contribution in [1.82, 2.24) is 20.4 Å². The number of amides is 1. The molecule has 7 heteroatoms. The van der Waals surface area contributed by atoms with Gasteiger partial charge in [0.05, 0.1) is 5.56 Å². The zero-order chi connectivity index (χ0) is 16.2. The number of aromatic amines is 1. The normalized spacial score (nSPS) is 10.8. The Morgan fingerprint density at radius 3 is 2.83 bits per heavy atom. The Labute approximate surface area is 131 Å². The van der Waals surface area contributed by atoms with Crippen molar-refractivity contribution in [3.8, 4) is 0 Å². The summed E-state index contributed by atoms with van der Waals surface area (Å²) >= 11 is 0. The lowest BCUT2D eigenvalue weighted by Gasteiger charge is -2.06. The molecule has 0 radical (unpaired) electrons. The van der Waals surface area contributed by atoms with E-state index < -0.39 is 0 Å². The highest BCUT2D eigenvalue weighted by Gasteiger charge is 2.12. The number of carbonyl (C=O) groups is 1. The van der Waals surface area contributed by atoms with E-state index in [0.29, 0.717) is 47.4 Å². The van der Waals surface area contributed by atoms with E-state index in [4.69, 9.17) is 4.52 Å². The van der Waals surface area contributed by atoms with E-state index in [1.807, 2.05) is 6.92 Å². The molecule has 2 N–H and O–H groups in total. The quantitative estimate of drug-likeness (QED) is 0.742. The number of fused-ring (bicyclic) bond motifs is 1. The van der Waals surface area contributed by atoms with Crippen LogP contribution in [-0.2, 0) is 12.8 Å². The molecule has 118 valence electrons. The van der Waals surface area contributed by atoms with Gasteiger partial charge in [0.15, 0.2) is 5.82 Å². The number of hydrogen-bond donors (Lipinski definition) is 2. The van der Waals surface area contributed by atoms with Crippen molar-refractivity contribution in [3.05, 3.63) is 58.1 Å². The number of nitrogens with one attached hydrogen (secondary N) is 2. The zero-order valence-electron chi connectivity index (χ0n) is 12.6. The molecule has 3 aromatic rings. The zero-order valence-corrected chi connectivity index (χ0v) is 12.6. The van der Waals surface area contributed by atoms with E-state index in [-0.39, 0.29) is 11.5 Å². The average molecular weight is 312 g/mol. The minimum atomic E-state index is -0.253. The van der Waals surface area contributed by atoms with Crippen LogP contribution in [0, 0.1) is 0 Å². The van der Waals surface area contributed by atoms with E-state index >= 15 is 0 Å². The third-order valence-electron chi connectivity index (χ3n) is 3.50. The first-order valence-corrected chi connectivity index (χ1v) is 7.39. The van der Waals surface area contributed by atoms with E-state index in [1.165, 1.54) is 6.20 Å². The summed E-state index contributed by atoms with van der Waals surface area (Å²) < 4.78 is 5.01.